The van der Waals surface area contributed by atoms with Gasteiger partial charge in [0.05, 0.1) is 17.7 Å². The zero-order valence-corrected chi connectivity index (χ0v) is 14.5. The summed E-state index contributed by atoms with van der Waals surface area (Å²) in [6.45, 7) is 0.899. The van der Waals surface area contributed by atoms with E-state index in [0.29, 0.717) is 35.6 Å². The van der Waals surface area contributed by atoms with Crippen LogP contribution in [0.2, 0.25) is 0 Å². The number of benzene rings is 1. The van der Waals surface area contributed by atoms with Crippen molar-refractivity contribution in [2.75, 3.05) is 13.2 Å². The Hall–Kier alpha value is 0.170. The van der Waals surface area contributed by atoms with Crippen LogP contribution in [0.5, 0.6) is 11.5 Å². The van der Waals surface area contributed by atoms with E-state index in [2.05, 4.69) is 15.9 Å². The van der Waals surface area contributed by atoms with Crippen molar-refractivity contribution in [2.45, 2.75) is 11.9 Å². The third kappa shape index (κ3) is 4.07. The molecule has 1 N–H and O–H groups in total. The van der Waals surface area contributed by atoms with Gasteiger partial charge in [0, 0.05) is 6.42 Å². The second-order valence-electron chi connectivity index (χ2n) is 3.73. The molecule has 0 saturated heterocycles. The minimum atomic E-state index is -4.82. The van der Waals surface area contributed by atoms with E-state index in [1.165, 1.54) is 12.1 Å². The van der Waals surface area contributed by atoms with Gasteiger partial charge in [-0.1, -0.05) is 0 Å². The van der Waals surface area contributed by atoms with Crippen LogP contribution in [0.25, 0.3) is 0 Å². The molecular formula is C10H10BrNaO6S. The first-order chi connectivity index (χ1) is 8.39. The number of hydrogen-bond donors (Lipinski definition) is 1. The van der Waals surface area contributed by atoms with E-state index in [9.17, 15) is 18.1 Å². The fraction of sp³-hybridized carbons (Fsp3) is 0.400. The molecule has 0 saturated carbocycles. The predicted octanol–water partition coefficient (Wildman–Crippen LogP) is -1.85. The van der Waals surface area contributed by atoms with Crippen molar-refractivity contribution in [3.63, 3.8) is 0 Å². The van der Waals surface area contributed by atoms with E-state index >= 15 is 0 Å². The van der Waals surface area contributed by atoms with Gasteiger partial charge in [0.15, 0.2) is 16.9 Å². The molecule has 1 aliphatic rings. The minimum absolute atomic E-state index is 0. The fourth-order valence-corrected chi connectivity index (χ4v) is 2.60. The molecule has 1 aromatic rings. The molecule has 0 aliphatic carbocycles. The molecule has 0 radical (unpaired) electrons. The van der Waals surface area contributed by atoms with Gasteiger partial charge < -0.3 is 19.1 Å². The van der Waals surface area contributed by atoms with Crippen LogP contribution in [0.4, 0.5) is 0 Å². The Balaban J connectivity index is 0.00000180. The number of aliphatic hydroxyl groups is 1. The van der Waals surface area contributed by atoms with Crippen LogP contribution >= 0.6 is 15.9 Å². The van der Waals surface area contributed by atoms with E-state index in [-0.39, 0.29) is 35.1 Å². The summed E-state index contributed by atoms with van der Waals surface area (Å²) in [6.07, 6.45) is 0.693. The van der Waals surface area contributed by atoms with Crippen molar-refractivity contribution in [3.8, 4) is 11.5 Å². The van der Waals surface area contributed by atoms with Crippen molar-refractivity contribution in [3.05, 3.63) is 22.2 Å². The Morgan fingerprint density at radius 3 is 2.58 bits per heavy atom. The van der Waals surface area contributed by atoms with Crippen LogP contribution in [-0.4, -0.2) is 31.3 Å². The molecule has 1 atom stereocenters. The summed E-state index contributed by atoms with van der Waals surface area (Å²) in [5.74, 6) is 0.742. The molecule has 1 heterocycles. The normalized spacial score (nSPS) is 16.2. The summed E-state index contributed by atoms with van der Waals surface area (Å²) in [5.41, 5.74) is -2.17. The van der Waals surface area contributed by atoms with Crippen LogP contribution in [0, 0.1) is 0 Å². The van der Waals surface area contributed by atoms with Crippen LogP contribution in [-0.2, 0) is 10.1 Å². The summed E-state index contributed by atoms with van der Waals surface area (Å²) in [5, 5.41) is 9.44. The van der Waals surface area contributed by atoms with Gasteiger partial charge in [-0.2, -0.15) is 0 Å². The smallest absolute Gasteiger partial charge is 0.746 e. The number of ether oxygens (including phenoxy) is 2. The average Bonchev–Trinajstić information content (AvgIpc) is 2.52. The van der Waals surface area contributed by atoms with Gasteiger partial charge in [-0.3, -0.25) is 0 Å². The van der Waals surface area contributed by atoms with Gasteiger partial charge in [0.2, 0.25) is 0 Å². The fourth-order valence-electron chi connectivity index (χ4n) is 1.56. The number of aliphatic hydroxyl groups excluding tert-OH is 1. The van der Waals surface area contributed by atoms with Crippen molar-refractivity contribution in [1.29, 1.82) is 0 Å². The monoisotopic (exact) mass is 360 g/mol. The molecular weight excluding hydrogens is 351 g/mol. The van der Waals surface area contributed by atoms with Gasteiger partial charge in [-0.25, -0.2) is 8.42 Å². The first-order valence-corrected chi connectivity index (χ1v) is 7.38. The number of rotatable bonds is 2. The second-order valence-corrected chi connectivity index (χ2v) is 6.01. The van der Waals surface area contributed by atoms with Crippen molar-refractivity contribution in [1.82, 2.24) is 0 Å². The molecule has 100 valence electrons. The van der Waals surface area contributed by atoms with Crippen LogP contribution in [0.1, 0.15) is 17.4 Å². The first kappa shape index (κ1) is 17.2. The Labute approximate surface area is 141 Å². The largest absolute Gasteiger partial charge is 1.00 e. The Morgan fingerprint density at radius 1 is 1.32 bits per heavy atom. The maximum atomic E-state index is 10.8. The molecule has 1 aliphatic heterocycles. The molecule has 2 rings (SSSR count). The SMILES string of the molecule is O=S(=O)([O-])C(O)c1cc(Br)c2c(c1)OCCCO2.[Na+]. The molecule has 1 unspecified atom stereocenters. The van der Waals surface area contributed by atoms with Gasteiger partial charge in [-0.05, 0) is 33.6 Å². The first-order valence-electron chi connectivity index (χ1n) is 5.11. The van der Waals surface area contributed by atoms with Crippen LogP contribution < -0.4 is 39.0 Å². The Morgan fingerprint density at radius 2 is 1.95 bits per heavy atom. The number of hydrogen-bond acceptors (Lipinski definition) is 6. The maximum absolute atomic E-state index is 10.8. The topological polar surface area (TPSA) is 95.9 Å². The molecule has 0 fully saturated rings. The van der Waals surface area contributed by atoms with E-state index < -0.39 is 15.6 Å². The molecule has 6 nitrogen and oxygen atoms in total. The minimum Gasteiger partial charge on any atom is -0.746 e. The third-order valence-electron chi connectivity index (χ3n) is 2.38. The number of halogens is 1. The zero-order valence-electron chi connectivity index (χ0n) is 10.1. The molecule has 0 spiro atoms. The van der Waals surface area contributed by atoms with E-state index in [1.54, 1.807) is 0 Å². The Kier molecular flexibility index (Phi) is 6.12. The molecule has 0 amide bonds. The van der Waals surface area contributed by atoms with Crippen molar-refractivity contribution in [2.24, 2.45) is 0 Å². The predicted molar refractivity (Wildman–Crippen MR) is 64.4 cm³/mol. The molecule has 9 heteroatoms. The second kappa shape index (κ2) is 6.75. The summed E-state index contributed by atoms with van der Waals surface area (Å²) in [4.78, 5) is 0. The summed E-state index contributed by atoms with van der Waals surface area (Å²) in [7, 11) is -4.82. The van der Waals surface area contributed by atoms with Crippen LogP contribution in [0.15, 0.2) is 16.6 Å². The molecule has 0 bridgehead atoms. The van der Waals surface area contributed by atoms with Crippen molar-refractivity contribution >= 4 is 26.0 Å². The summed E-state index contributed by atoms with van der Waals surface area (Å²) < 4.78 is 43.6. The van der Waals surface area contributed by atoms with Gasteiger partial charge >= 0.3 is 29.6 Å². The van der Waals surface area contributed by atoms with E-state index in [4.69, 9.17) is 9.47 Å². The van der Waals surface area contributed by atoms with Gasteiger partial charge in [-0.15, -0.1) is 0 Å². The standard InChI is InChI=1S/C10H11BrO6S.Na/c11-7-4-6(10(12)18(13,14)15)5-8-9(7)17-3-1-2-16-8;/h4-5,10,12H,1-3H2,(H,13,14,15);/q;+1/p-1. The number of fused-ring (bicyclic) bond motifs is 1. The van der Waals surface area contributed by atoms with E-state index in [0.717, 1.165) is 0 Å². The summed E-state index contributed by atoms with van der Waals surface area (Å²) >= 11 is 3.19. The quantitative estimate of drug-likeness (QED) is 0.491. The Bertz CT molecular complexity index is 561. The average molecular weight is 361 g/mol. The van der Waals surface area contributed by atoms with Gasteiger partial charge in [0.1, 0.15) is 10.1 Å². The van der Waals surface area contributed by atoms with Gasteiger partial charge in [0.25, 0.3) is 0 Å². The van der Waals surface area contributed by atoms with Crippen molar-refractivity contribution < 1.29 is 57.1 Å². The maximum Gasteiger partial charge on any atom is 1.00 e. The molecule has 19 heavy (non-hydrogen) atoms. The van der Waals surface area contributed by atoms with Crippen LogP contribution in [0.3, 0.4) is 0 Å². The zero-order chi connectivity index (χ0) is 13.3. The molecule has 1 aromatic carbocycles. The molecule has 0 aromatic heterocycles. The van der Waals surface area contributed by atoms with E-state index in [1.807, 2.05) is 0 Å². The third-order valence-corrected chi connectivity index (χ3v) is 3.79. The summed E-state index contributed by atoms with van der Waals surface area (Å²) in [6, 6.07) is 2.62.